The zero-order valence-electron chi connectivity index (χ0n) is 15.2. The van der Waals surface area contributed by atoms with Gasteiger partial charge in [0.15, 0.2) is 0 Å². The van der Waals surface area contributed by atoms with E-state index in [-0.39, 0.29) is 6.61 Å². The van der Waals surface area contributed by atoms with E-state index in [1.165, 1.54) is 0 Å². The number of fused-ring (bicyclic) bond motifs is 1. The van der Waals surface area contributed by atoms with Crippen molar-refractivity contribution < 1.29 is 9.13 Å². The lowest BCUT2D eigenvalue weighted by molar-refractivity contribution is 0.00749. The predicted octanol–water partition coefficient (Wildman–Crippen LogP) is 3.18. The lowest BCUT2D eigenvalue weighted by Gasteiger charge is -2.16. The van der Waals surface area contributed by atoms with E-state index in [2.05, 4.69) is 11.1 Å². The Bertz CT molecular complexity index is 993. The number of aromatic nitrogens is 2. The highest BCUT2D eigenvalue weighted by Gasteiger charge is 2.33. The molecule has 1 fully saturated rings. The van der Waals surface area contributed by atoms with Gasteiger partial charge in [0.05, 0.1) is 22.7 Å². The Labute approximate surface area is 157 Å². The molecule has 0 saturated carbocycles. The molecular formula is C21H21FN4O. The molecule has 0 bridgehead atoms. The van der Waals surface area contributed by atoms with Gasteiger partial charge in [0, 0.05) is 26.7 Å². The van der Waals surface area contributed by atoms with E-state index < -0.39 is 12.3 Å². The smallest absolute Gasteiger partial charge is 0.140 e. The maximum atomic E-state index is 14.4. The Morgan fingerprint density at radius 1 is 1.22 bits per heavy atom. The maximum Gasteiger partial charge on any atom is 0.140 e. The molecule has 2 atom stereocenters. The van der Waals surface area contributed by atoms with Crippen LogP contribution in [0.2, 0.25) is 0 Å². The molecule has 0 spiro atoms. The topological polar surface area (TPSA) is 54.1 Å². The fourth-order valence-corrected chi connectivity index (χ4v) is 3.60. The van der Waals surface area contributed by atoms with Gasteiger partial charge in [-0.1, -0.05) is 24.3 Å². The molecule has 138 valence electrons. The van der Waals surface area contributed by atoms with Crippen molar-refractivity contribution >= 4 is 11.0 Å². The second-order valence-corrected chi connectivity index (χ2v) is 6.95. The monoisotopic (exact) mass is 364 g/mol. The van der Waals surface area contributed by atoms with Crippen LogP contribution in [0.25, 0.3) is 11.0 Å². The number of ether oxygens (including phenoxy) is 1. The first-order chi connectivity index (χ1) is 13.1. The van der Waals surface area contributed by atoms with E-state index in [4.69, 9.17) is 10.00 Å². The standard InChI is InChI=1S/C21H21FN4O/c1-25-19-8-3-2-7-18(19)24-21(25)14-27-20-13-26(12-17(20)22)11-16-6-4-5-15(9-16)10-23/h2-9,17,20H,11-14H2,1H3/t17-,20+/m1/s1. The number of rotatable bonds is 5. The SMILES string of the molecule is Cn1c(CO[C@H]2CN(Cc3cccc(C#N)c3)C[C@H]2F)nc2ccccc21. The van der Waals surface area contributed by atoms with E-state index in [9.17, 15) is 4.39 Å². The number of imidazole rings is 1. The van der Waals surface area contributed by atoms with Gasteiger partial charge in [0.1, 0.15) is 24.7 Å². The molecule has 2 aromatic carbocycles. The number of benzene rings is 2. The third-order valence-electron chi connectivity index (χ3n) is 5.04. The Morgan fingerprint density at radius 2 is 2.07 bits per heavy atom. The highest BCUT2D eigenvalue weighted by Crippen LogP contribution is 2.22. The van der Waals surface area contributed by atoms with Gasteiger partial charge in [-0.25, -0.2) is 9.37 Å². The van der Waals surface area contributed by atoms with Crippen molar-refractivity contribution in [1.82, 2.24) is 14.5 Å². The average Bonchev–Trinajstić information content (AvgIpc) is 3.19. The molecule has 1 aliphatic rings. The first-order valence-electron chi connectivity index (χ1n) is 9.01. The van der Waals surface area contributed by atoms with Crippen molar-refractivity contribution in [3.05, 3.63) is 65.5 Å². The van der Waals surface area contributed by atoms with Gasteiger partial charge in [0.2, 0.25) is 0 Å². The van der Waals surface area contributed by atoms with E-state index >= 15 is 0 Å². The van der Waals surface area contributed by atoms with Crippen LogP contribution in [-0.4, -0.2) is 39.8 Å². The third kappa shape index (κ3) is 3.70. The first-order valence-corrected chi connectivity index (χ1v) is 9.01. The molecule has 27 heavy (non-hydrogen) atoms. The van der Waals surface area contributed by atoms with Crippen LogP contribution in [0.1, 0.15) is 17.0 Å². The third-order valence-corrected chi connectivity index (χ3v) is 5.04. The second kappa shape index (κ2) is 7.47. The Kier molecular flexibility index (Phi) is 4.88. The molecule has 0 amide bonds. The van der Waals surface area contributed by atoms with Crippen molar-refractivity contribution in [2.45, 2.75) is 25.4 Å². The molecule has 0 radical (unpaired) electrons. The number of halogens is 1. The minimum atomic E-state index is -1.03. The molecule has 5 nitrogen and oxygen atoms in total. The van der Waals surface area contributed by atoms with Crippen LogP contribution in [0.4, 0.5) is 4.39 Å². The fourth-order valence-electron chi connectivity index (χ4n) is 3.60. The van der Waals surface area contributed by atoms with Gasteiger partial charge in [-0.05, 0) is 29.8 Å². The summed E-state index contributed by atoms with van der Waals surface area (Å²) in [4.78, 5) is 6.60. The summed E-state index contributed by atoms with van der Waals surface area (Å²) in [6.45, 7) is 1.77. The average molecular weight is 364 g/mol. The van der Waals surface area contributed by atoms with Crippen molar-refractivity contribution in [2.75, 3.05) is 13.1 Å². The highest BCUT2D eigenvalue weighted by molar-refractivity contribution is 5.75. The number of alkyl halides is 1. The van der Waals surface area contributed by atoms with Crippen molar-refractivity contribution in [2.24, 2.45) is 7.05 Å². The van der Waals surface area contributed by atoms with Gasteiger partial charge in [-0.3, -0.25) is 4.90 Å². The van der Waals surface area contributed by atoms with Gasteiger partial charge < -0.3 is 9.30 Å². The number of nitrogens with zero attached hydrogens (tertiary/aromatic N) is 4. The quantitative estimate of drug-likeness (QED) is 0.698. The van der Waals surface area contributed by atoms with Crippen LogP contribution < -0.4 is 0 Å². The van der Waals surface area contributed by atoms with Gasteiger partial charge in [-0.2, -0.15) is 5.26 Å². The van der Waals surface area contributed by atoms with Crippen molar-refractivity contribution in [1.29, 1.82) is 5.26 Å². The molecule has 0 aliphatic carbocycles. The molecule has 4 rings (SSSR count). The summed E-state index contributed by atoms with van der Waals surface area (Å²) in [7, 11) is 1.95. The van der Waals surface area contributed by atoms with Crippen LogP contribution in [-0.2, 0) is 24.9 Å². The molecule has 3 aromatic rings. The van der Waals surface area contributed by atoms with Crippen LogP contribution in [0.3, 0.4) is 0 Å². The van der Waals surface area contributed by atoms with Crippen LogP contribution in [0.15, 0.2) is 48.5 Å². The summed E-state index contributed by atoms with van der Waals surface area (Å²) in [6, 6.07) is 17.5. The van der Waals surface area contributed by atoms with Crippen LogP contribution in [0, 0.1) is 11.3 Å². The van der Waals surface area contributed by atoms with E-state index in [1.807, 2.05) is 59.0 Å². The van der Waals surface area contributed by atoms with Gasteiger partial charge in [-0.15, -0.1) is 0 Å². The predicted molar refractivity (Wildman–Crippen MR) is 101 cm³/mol. The zero-order valence-corrected chi connectivity index (χ0v) is 15.2. The summed E-state index contributed by atoms with van der Waals surface area (Å²) in [5, 5.41) is 9.01. The summed E-state index contributed by atoms with van der Waals surface area (Å²) >= 11 is 0. The summed E-state index contributed by atoms with van der Waals surface area (Å²) in [6.07, 6.45) is -1.50. The summed E-state index contributed by atoms with van der Waals surface area (Å²) in [5.74, 6) is 0.795. The molecule has 0 unspecified atom stereocenters. The van der Waals surface area contributed by atoms with E-state index in [1.54, 1.807) is 6.07 Å². The number of hydrogen-bond donors (Lipinski definition) is 0. The van der Waals surface area contributed by atoms with Gasteiger partial charge in [0.25, 0.3) is 0 Å². The largest absolute Gasteiger partial charge is 0.366 e. The minimum Gasteiger partial charge on any atom is -0.366 e. The minimum absolute atomic E-state index is 0.286. The number of para-hydroxylation sites is 2. The molecule has 1 saturated heterocycles. The molecule has 2 heterocycles. The Morgan fingerprint density at radius 3 is 2.89 bits per heavy atom. The maximum absolute atomic E-state index is 14.4. The molecule has 0 N–H and O–H groups in total. The van der Waals surface area contributed by atoms with E-state index in [0.29, 0.717) is 25.2 Å². The molecule has 1 aromatic heterocycles. The van der Waals surface area contributed by atoms with E-state index in [0.717, 1.165) is 22.4 Å². The molecule has 6 heteroatoms. The lowest BCUT2D eigenvalue weighted by atomic mass is 10.1. The van der Waals surface area contributed by atoms with Crippen molar-refractivity contribution in [3.63, 3.8) is 0 Å². The normalized spacial score (nSPS) is 20.2. The number of nitriles is 1. The first kappa shape index (κ1) is 17.7. The van der Waals surface area contributed by atoms with Crippen LogP contribution >= 0.6 is 0 Å². The highest BCUT2D eigenvalue weighted by atomic mass is 19.1. The second-order valence-electron chi connectivity index (χ2n) is 6.95. The fraction of sp³-hybridized carbons (Fsp3) is 0.333. The Hall–Kier alpha value is -2.75. The van der Waals surface area contributed by atoms with Gasteiger partial charge >= 0.3 is 0 Å². The summed E-state index contributed by atoms with van der Waals surface area (Å²) < 4.78 is 22.3. The lowest BCUT2D eigenvalue weighted by Crippen LogP contribution is -2.25. The number of hydrogen-bond acceptors (Lipinski definition) is 4. The number of aryl methyl sites for hydroxylation is 1. The van der Waals surface area contributed by atoms with Crippen molar-refractivity contribution in [3.8, 4) is 6.07 Å². The Balaban J connectivity index is 1.38. The zero-order chi connectivity index (χ0) is 18.8. The molecule has 1 aliphatic heterocycles. The summed E-state index contributed by atoms with van der Waals surface area (Å²) in [5.41, 5.74) is 3.59. The number of likely N-dealkylation sites (tertiary alicyclic amines) is 1. The molecular weight excluding hydrogens is 343 g/mol. The van der Waals surface area contributed by atoms with Crippen LogP contribution in [0.5, 0.6) is 0 Å².